The standard InChI is InChI=1S/C10H9NO2/c1-8(13)9(7-12)6-10-4-2-3-5-11-10/h2-5H,6H2,1H3. The van der Waals surface area contributed by atoms with E-state index in [0.29, 0.717) is 5.69 Å². The molecule has 0 unspecified atom stereocenters. The number of carbonyl (C=O) groups is 1. The molecule has 0 N–H and O–H groups in total. The number of carbonyl (C=O) groups excluding carboxylic acids is 2. The van der Waals surface area contributed by atoms with Gasteiger partial charge in [0.1, 0.15) is 5.94 Å². The number of allylic oxidation sites excluding steroid dienone is 1. The van der Waals surface area contributed by atoms with Crippen molar-refractivity contribution in [3.63, 3.8) is 0 Å². The van der Waals surface area contributed by atoms with Crippen LogP contribution in [0.1, 0.15) is 12.6 Å². The highest BCUT2D eigenvalue weighted by molar-refractivity contribution is 6.00. The highest BCUT2D eigenvalue weighted by Crippen LogP contribution is 2.02. The van der Waals surface area contributed by atoms with Crippen molar-refractivity contribution in [2.45, 2.75) is 13.3 Å². The van der Waals surface area contributed by atoms with E-state index in [4.69, 9.17) is 0 Å². The van der Waals surface area contributed by atoms with Crippen LogP contribution in [0.15, 0.2) is 30.0 Å². The van der Waals surface area contributed by atoms with E-state index in [1.807, 2.05) is 6.07 Å². The third-order valence-corrected chi connectivity index (χ3v) is 1.63. The predicted octanol–water partition coefficient (Wildman–Crippen LogP) is 0.971. The van der Waals surface area contributed by atoms with Crippen LogP contribution in [0, 0.1) is 0 Å². The molecular weight excluding hydrogens is 166 g/mol. The zero-order valence-corrected chi connectivity index (χ0v) is 7.28. The van der Waals surface area contributed by atoms with Gasteiger partial charge in [0.05, 0.1) is 5.57 Å². The largest absolute Gasteiger partial charge is 0.294 e. The van der Waals surface area contributed by atoms with Gasteiger partial charge in [-0.1, -0.05) is 6.07 Å². The highest BCUT2D eigenvalue weighted by atomic mass is 16.1. The Morgan fingerprint density at radius 1 is 1.54 bits per heavy atom. The topological polar surface area (TPSA) is 47.0 Å². The number of ketones is 1. The van der Waals surface area contributed by atoms with Gasteiger partial charge >= 0.3 is 0 Å². The van der Waals surface area contributed by atoms with Crippen LogP contribution in [0.5, 0.6) is 0 Å². The first-order chi connectivity index (χ1) is 6.24. The fourth-order valence-corrected chi connectivity index (χ4v) is 0.916. The summed E-state index contributed by atoms with van der Waals surface area (Å²) >= 11 is 0. The second-order valence-corrected chi connectivity index (χ2v) is 2.63. The minimum absolute atomic E-state index is 0.138. The lowest BCUT2D eigenvalue weighted by Crippen LogP contribution is -2.02. The van der Waals surface area contributed by atoms with Crippen molar-refractivity contribution in [2.24, 2.45) is 0 Å². The molecule has 13 heavy (non-hydrogen) atoms. The number of rotatable bonds is 3. The summed E-state index contributed by atoms with van der Waals surface area (Å²) in [4.78, 5) is 25.2. The van der Waals surface area contributed by atoms with E-state index in [-0.39, 0.29) is 17.8 Å². The molecule has 0 fully saturated rings. The van der Waals surface area contributed by atoms with Crippen LogP contribution in [0.2, 0.25) is 0 Å². The van der Waals surface area contributed by atoms with Gasteiger partial charge in [-0.25, -0.2) is 4.79 Å². The quantitative estimate of drug-likeness (QED) is 0.508. The number of pyridine rings is 1. The first-order valence-electron chi connectivity index (χ1n) is 3.89. The van der Waals surface area contributed by atoms with Gasteiger partial charge in [-0.15, -0.1) is 0 Å². The van der Waals surface area contributed by atoms with E-state index in [2.05, 4.69) is 4.98 Å². The Bertz CT molecular complexity index is 350. The molecule has 0 bridgehead atoms. The van der Waals surface area contributed by atoms with E-state index in [1.165, 1.54) is 6.92 Å². The second kappa shape index (κ2) is 4.33. The molecule has 0 aromatic carbocycles. The maximum atomic E-state index is 10.9. The molecule has 1 aromatic heterocycles. The maximum absolute atomic E-state index is 10.9. The maximum Gasteiger partial charge on any atom is 0.167 e. The lowest BCUT2D eigenvalue weighted by molar-refractivity contribution is -0.113. The second-order valence-electron chi connectivity index (χ2n) is 2.63. The van der Waals surface area contributed by atoms with Gasteiger partial charge in [0.15, 0.2) is 5.78 Å². The Labute approximate surface area is 76.1 Å². The van der Waals surface area contributed by atoms with Crippen LogP contribution in [0.4, 0.5) is 0 Å². The Hall–Kier alpha value is -1.73. The number of nitrogens with zero attached hydrogens (tertiary/aromatic N) is 1. The minimum atomic E-state index is -0.249. The minimum Gasteiger partial charge on any atom is -0.294 e. The van der Waals surface area contributed by atoms with Crippen LogP contribution in [-0.2, 0) is 16.0 Å². The molecule has 0 radical (unpaired) electrons. The molecule has 0 aliphatic rings. The summed E-state index contributed by atoms with van der Waals surface area (Å²) in [6.07, 6.45) is 1.89. The van der Waals surface area contributed by atoms with Crippen molar-refractivity contribution in [2.75, 3.05) is 0 Å². The Balaban J connectivity index is 2.80. The van der Waals surface area contributed by atoms with Crippen LogP contribution in [0.3, 0.4) is 0 Å². The molecule has 0 aliphatic heterocycles. The Kier molecular flexibility index (Phi) is 3.12. The van der Waals surface area contributed by atoms with Crippen molar-refractivity contribution in [1.29, 1.82) is 0 Å². The van der Waals surface area contributed by atoms with Crippen LogP contribution >= 0.6 is 0 Å². The van der Waals surface area contributed by atoms with E-state index < -0.39 is 0 Å². The summed E-state index contributed by atoms with van der Waals surface area (Å²) in [5, 5.41) is 0. The summed E-state index contributed by atoms with van der Waals surface area (Å²) < 4.78 is 0. The fraction of sp³-hybridized carbons (Fsp3) is 0.200. The van der Waals surface area contributed by atoms with E-state index in [9.17, 15) is 9.59 Å². The van der Waals surface area contributed by atoms with Gasteiger partial charge in [-0.05, 0) is 19.1 Å². The third-order valence-electron chi connectivity index (χ3n) is 1.63. The van der Waals surface area contributed by atoms with Crippen LogP contribution in [0.25, 0.3) is 0 Å². The van der Waals surface area contributed by atoms with Crippen molar-refractivity contribution < 1.29 is 9.59 Å². The van der Waals surface area contributed by atoms with Crippen molar-refractivity contribution in [1.82, 2.24) is 4.98 Å². The molecule has 0 saturated heterocycles. The monoisotopic (exact) mass is 175 g/mol. The number of aromatic nitrogens is 1. The van der Waals surface area contributed by atoms with E-state index in [0.717, 1.165) is 0 Å². The molecule has 66 valence electrons. The van der Waals surface area contributed by atoms with Crippen molar-refractivity contribution in [3.05, 3.63) is 35.7 Å². The number of Topliss-reactive ketones (excluding diaryl/α,β-unsaturated/α-hetero) is 1. The first kappa shape index (κ1) is 9.36. The summed E-state index contributed by atoms with van der Waals surface area (Å²) in [6.45, 7) is 1.35. The molecule has 3 nitrogen and oxygen atoms in total. The van der Waals surface area contributed by atoms with Crippen molar-refractivity contribution in [3.8, 4) is 0 Å². The molecule has 1 heterocycles. The molecule has 0 saturated carbocycles. The normalized spacial score (nSPS) is 9.00. The van der Waals surface area contributed by atoms with Gasteiger partial charge in [0.25, 0.3) is 0 Å². The fourth-order valence-electron chi connectivity index (χ4n) is 0.916. The molecule has 1 aromatic rings. The zero-order chi connectivity index (χ0) is 9.68. The van der Waals surface area contributed by atoms with Crippen LogP contribution < -0.4 is 0 Å². The Morgan fingerprint density at radius 2 is 2.31 bits per heavy atom. The number of hydrogen-bond acceptors (Lipinski definition) is 3. The lowest BCUT2D eigenvalue weighted by Gasteiger charge is -1.97. The summed E-state index contributed by atoms with van der Waals surface area (Å²) in [6, 6.07) is 5.35. The van der Waals surface area contributed by atoms with Crippen molar-refractivity contribution >= 4 is 11.7 Å². The van der Waals surface area contributed by atoms with Gasteiger partial charge in [-0.2, -0.15) is 0 Å². The van der Waals surface area contributed by atoms with E-state index in [1.54, 1.807) is 24.3 Å². The van der Waals surface area contributed by atoms with Gasteiger partial charge < -0.3 is 0 Å². The first-order valence-corrected chi connectivity index (χ1v) is 3.89. The molecule has 0 amide bonds. The van der Waals surface area contributed by atoms with E-state index >= 15 is 0 Å². The molecule has 0 spiro atoms. The van der Waals surface area contributed by atoms with Crippen LogP contribution in [-0.4, -0.2) is 16.7 Å². The average Bonchev–Trinajstić information content (AvgIpc) is 2.15. The summed E-state index contributed by atoms with van der Waals surface area (Å²) in [7, 11) is 0. The molecular formula is C10H9NO2. The summed E-state index contributed by atoms with van der Waals surface area (Å²) in [5.41, 5.74) is 0.842. The molecule has 0 aliphatic carbocycles. The molecule has 0 atom stereocenters. The smallest absolute Gasteiger partial charge is 0.167 e. The molecule has 1 rings (SSSR count). The predicted molar refractivity (Wildman–Crippen MR) is 47.8 cm³/mol. The molecule has 3 heteroatoms. The van der Waals surface area contributed by atoms with Gasteiger partial charge in [-0.3, -0.25) is 9.78 Å². The zero-order valence-electron chi connectivity index (χ0n) is 7.28. The number of hydrogen-bond donors (Lipinski definition) is 0. The highest BCUT2D eigenvalue weighted by Gasteiger charge is 2.06. The lowest BCUT2D eigenvalue weighted by atomic mass is 10.1. The van der Waals surface area contributed by atoms with Gasteiger partial charge in [0.2, 0.25) is 0 Å². The third kappa shape index (κ3) is 2.65. The average molecular weight is 175 g/mol. The Morgan fingerprint density at radius 3 is 2.77 bits per heavy atom. The van der Waals surface area contributed by atoms with Gasteiger partial charge in [0, 0.05) is 18.3 Å². The SMILES string of the molecule is CC(=O)C(=C=O)Cc1ccccn1. The summed E-state index contributed by atoms with van der Waals surface area (Å²) in [5.74, 6) is 1.38.